The van der Waals surface area contributed by atoms with Gasteiger partial charge in [0.25, 0.3) is 0 Å². The van der Waals surface area contributed by atoms with Gasteiger partial charge < -0.3 is 9.84 Å². The van der Waals surface area contributed by atoms with Crippen LogP contribution in [0, 0.1) is 11.8 Å². The van der Waals surface area contributed by atoms with E-state index in [1.807, 2.05) is 18.2 Å². The molecule has 3 rings (SSSR count). The molecule has 0 spiro atoms. The van der Waals surface area contributed by atoms with Crippen molar-refractivity contribution in [2.24, 2.45) is 11.8 Å². The second kappa shape index (κ2) is 5.35. The number of fused-ring (bicyclic) bond motifs is 1. The number of rotatable bonds is 2. The zero-order valence-electron chi connectivity index (χ0n) is 12.2. The quantitative estimate of drug-likeness (QED) is 0.853. The van der Waals surface area contributed by atoms with Crippen LogP contribution in [0.15, 0.2) is 36.4 Å². The lowest BCUT2D eigenvalue weighted by atomic mass is 9.80. The third kappa shape index (κ3) is 2.74. The smallest absolute Gasteiger partial charge is 0.120 e. The summed E-state index contributed by atoms with van der Waals surface area (Å²) in [5, 5.41) is 11.7. The number of benzene rings is 2. The van der Waals surface area contributed by atoms with Crippen molar-refractivity contribution in [3.05, 3.63) is 36.4 Å². The first-order valence-electron chi connectivity index (χ1n) is 7.51. The van der Waals surface area contributed by atoms with Gasteiger partial charge in [0, 0.05) is 0 Å². The number of aromatic hydroxyl groups is 1. The van der Waals surface area contributed by atoms with Gasteiger partial charge in [0.05, 0.1) is 6.10 Å². The summed E-state index contributed by atoms with van der Waals surface area (Å²) in [7, 11) is 0. The van der Waals surface area contributed by atoms with Crippen LogP contribution in [0.4, 0.5) is 0 Å². The van der Waals surface area contributed by atoms with Crippen molar-refractivity contribution in [1.29, 1.82) is 0 Å². The summed E-state index contributed by atoms with van der Waals surface area (Å²) < 4.78 is 6.14. The van der Waals surface area contributed by atoms with Crippen molar-refractivity contribution in [2.45, 2.75) is 39.2 Å². The molecule has 1 fully saturated rings. The minimum Gasteiger partial charge on any atom is -0.508 e. The number of phenols is 1. The van der Waals surface area contributed by atoms with Crippen molar-refractivity contribution in [3.63, 3.8) is 0 Å². The van der Waals surface area contributed by atoms with E-state index >= 15 is 0 Å². The van der Waals surface area contributed by atoms with Crippen LogP contribution in [0.1, 0.15) is 33.1 Å². The number of ether oxygens (including phenoxy) is 1. The lowest BCUT2D eigenvalue weighted by Crippen LogP contribution is -2.28. The first-order valence-corrected chi connectivity index (χ1v) is 7.51. The number of phenolic OH excluding ortho intramolecular Hbond substituents is 1. The average molecular weight is 270 g/mol. The highest BCUT2D eigenvalue weighted by atomic mass is 16.5. The van der Waals surface area contributed by atoms with E-state index in [4.69, 9.17) is 4.74 Å². The molecule has 0 bridgehead atoms. The van der Waals surface area contributed by atoms with Gasteiger partial charge in [-0.2, -0.15) is 0 Å². The van der Waals surface area contributed by atoms with Crippen LogP contribution in [0.2, 0.25) is 0 Å². The molecule has 0 aliphatic heterocycles. The Morgan fingerprint density at radius 1 is 0.950 bits per heavy atom. The van der Waals surface area contributed by atoms with E-state index in [0.717, 1.165) is 41.2 Å². The largest absolute Gasteiger partial charge is 0.508 e. The first-order chi connectivity index (χ1) is 9.61. The highest BCUT2D eigenvalue weighted by Gasteiger charge is 2.25. The second-order valence-corrected chi connectivity index (χ2v) is 6.20. The van der Waals surface area contributed by atoms with Gasteiger partial charge >= 0.3 is 0 Å². The number of hydrogen-bond donors (Lipinski definition) is 1. The minimum absolute atomic E-state index is 0.301. The van der Waals surface area contributed by atoms with Gasteiger partial charge in [-0.05, 0) is 66.1 Å². The summed E-state index contributed by atoms with van der Waals surface area (Å²) in [6.45, 7) is 4.65. The Morgan fingerprint density at radius 3 is 2.55 bits per heavy atom. The third-order valence-corrected chi connectivity index (χ3v) is 4.65. The number of hydrogen-bond acceptors (Lipinski definition) is 2. The van der Waals surface area contributed by atoms with E-state index in [0.29, 0.717) is 11.9 Å². The SMILES string of the molecule is CC1CCC(Oc2ccc3ccc(O)cc3c2)CC1C. The molecule has 0 radical (unpaired) electrons. The molecule has 0 amide bonds. The fraction of sp³-hybridized carbons (Fsp3) is 0.444. The predicted molar refractivity (Wildman–Crippen MR) is 82.2 cm³/mol. The molecule has 2 aromatic carbocycles. The molecule has 1 N–H and O–H groups in total. The lowest BCUT2D eigenvalue weighted by molar-refractivity contribution is 0.101. The summed E-state index contributed by atoms with van der Waals surface area (Å²) in [4.78, 5) is 0. The molecule has 1 aliphatic carbocycles. The zero-order chi connectivity index (χ0) is 14.1. The van der Waals surface area contributed by atoms with Crippen LogP contribution < -0.4 is 4.74 Å². The fourth-order valence-corrected chi connectivity index (χ4v) is 3.08. The van der Waals surface area contributed by atoms with Crippen LogP contribution in [0.3, 0.4) is 0 Å². The van der Waals surface area contributed by atoms with Gasteiger partial charge in [-0.15, -0.1) is 0 Å². The van der Waals surface area contributed by atoms with Crippen molar-refractivity contribution in [3.8, 4) is 11.5 Å². The maximum Gasteiger partial charge on any atom is 0.120 e. The predicted octanol–water partition coefficient (Wildman–Crippen LogP) is 4.75. The molecule has 2 heteroatoms. The van der Waals surface area contributed by atoms with E-state index in [9.17, 15) is 5.11 Å². The highest BCUT2D eigenvalue weighted by molar-refractivity contribution is 5.85. The Labute approximate surface area is 120 Å². The monoisotopic (exact) mass is 270 g/mol. The summed E-state index contributed by atoms with van der Waals surface area (Å²) in [6.07, 6.45) is 3.86. The van der Waals surface area contributed by atoms with Crippen LogP contribution >= 0.6 is 0 Å². The molecule has 20 heavy (non-hydrogen) atoms. The molecule has 2 aromatic rings. The molecule has 3 unspecified atom stereocenters. The van der Waals surface area contributed by atoms with Crippen LogP contribution in [-0.2, 0) is 0 Å². The molecule has 0 aromatic heterocycles. The average Bonchev–Trinajstić information content (AvgIpc) is 2.42. The fourth-order valence-electron chi connectivity index (χ4n) is 3.08. The van der Waals surface area contributed by atoms with Gasteiger partial charge in [-0.1, -0.05) is 26.0 Å². The van der Waals surface area contributed by atoms with Crippen molar-refractivity contribution < 1.29 is 9.84 Å². The van der Waals surface area contributed by atoms with Gasteiger partial charge in [-0.25, -0.2) is 0 Å². The van der Waals surface area contributed by atoms with E-state index in [1.54, 1.807) is 12.1 Å². The molecule has 106 valence electrons. The molecular weight excluding hydrogens is 248 g/mol. The molecule has 1 aliphatic rings. The van der Waals surface area contributed by atoms with Crippen molar-refractivity contribution >= 4 is 10.8 Å². The van der Waals surface area contributed by atoms with Gasteiger partial charge in [0.1, 0.15) is 11.5 Å². The Morgan fingerprint density at radius 2 is 1.75 bits per heavy atom. The topological polar surface area (TPSA) is 29.5 Å². The third-order valence-electron chi connectivity index (χ3n) is 4.65. The highest BCUT2D eigenvalue weighted by Crippen LogP contribution is 2.32. The van der Waals surface area contributed by atoms with Gasteiger partial charge in [0.2, 0.25) is 0 Å². The molecular formula is C18H22O2. The minimum atomic E-state index is 0.301. The zero-order valence-corrected chi connectivity index (χ0v) is 12.2. The summed E-state index contributed by atoms with van der Waals surface area (Å²) in [5.41, 5.74) is 0. The lowest BCUT2D eigenvalue weighted by Gasteiger charge is -2.32. The van der Waals surface area contributed by atoms with E-state index in [2.05, 4.69) is 19.9 Å². The van der Waals surface area contributed by atoms with E-state index in [1.165, 1.54) is 6.42 Å². The van der Waals surface area contributed by atoms with Crippen LogP contribution in [0.5, 0.6) is 11.5 Å². The summed E-state index contributed by atoms with van der Waals surface area (Å²) in [6, 6.07) is 11.5. The molecule has 0 saturated heterocycles. The molecule has 2 nitrogen and oxygen atoms in total. The normalized spacial score (nSPS) is 26.6. The van der Waals surface area contributed by atoms with E-state index < -0.39 is 0 Å². The van der Waals surface area contributed by atoms with Gasteiger partial charge in [0.15, 0.2) is 0 Å². The molecule has 1 saturated carbocycles. The Balaban J connectivity index is 1.77. The van der Waals surface area contributed by atoms with Crippen molar-refractivity contribution in [2.75, 3.05) is 0 Å². The molecule has 0 heterocycles. The first kappa shape index (κ1) is 13.3. The Bertz CT molecular complexity index is 605. The summed E-state index contributed by atoms with van der Waals surface area (Å²) in [5.74, 6) is 2.76. The van der Waals surface area contributed by atoms with Crippen molar-refractivity contribution in [1.82, 2.24) is 0 Å². The van der Waals surface area contributed by atoms with Gasteiger partial charge in [-0.3, -0.25) is 0 Å². The standard InChI is InChI=1S/C18H22O2/c1-12-3-7-17(9-13(12)2)20-18-8-5-14-4-6-16(19)10-15(14)11-18/h4-6,8,10-13,17,19H,3,7,9H2,1-2H3. The van der Waals surface area contributed by atoms with E-state index in [-0.39, 0.29) is 0 Å². The summed E-state index contributed by atoms with van der Waals surface area (Å²) >= 11 is 0. The second-order valence-electron chi connectivity index (χ2n) is 6.20. The van der Waals surface area contributed by atoms with Crippen LogP contribution in [0.25, 0.3) is 10.8 Å². The Kier molecular flexibility index (Phi) is 3.56. The Hall–Kier alpha value is -1.70. The maximum atomic E-state index is 9.57. The van der Waals surface area contributed by atoms with Crippen LogP contribution in [-0.4, -0.2) is 11.2 Å². The maximum absolute atomic E-state index is 9.57. The molecule has 3 atom stereocenters.